The van der Waals surface area contributed by atoms with Gasteiger partial charge in [-0.3, -0.25) is 19.9 Å². The standard InChI is InChI=1S/C18H18BrN3O3/c1-25-16(23)8-7-15-18(24)22-13-6-5-11(19)10-12(13)17(21-15)14-4-2-3-9-20-14/h2-6,9-10,15,17,21H,7-8H2,1H3,(H,22,24)/t15-,17?/m0/s1. The van der Waals surface area contributed by atoms with Crippen molar-refractivity contribution in [3.63, 3.8) is 0 Å². The van der Waals surface area contributed by atoms with Crippen LogP contribution in [0.1, 0.15) is 30.1 Å². The van der Waals surface area contributed by atoms with Crippen LogP contribution in [0.4, 0.5) is 5.69 Å². The molecule has 1 amide bonds. The maximum Gasteiger partial charge on any atom is 0.305 e. The number of anilines is 1. The summed E-state index contributed by atoms with van der Waals surface area (Å²) in [5, 5.41) is 6.28. The van der Waals surface area contributed by atoms with E-state index in [1.165, 1.54) is 7.11 Å². The zero-order chi connectivity index (χ0) is 17.8. The molecule has 0 bridgehead atoms. The third-order valence-electron chi connectivity index (χ3n) is 4.12. The highest BCUT2D eigenvalue weighted by molar-refractivity contribution is 9.10. The van der Waals surface area contributed by atoms with E-state index in [-0.39, 0.29) is 24.3 Å². The fourth-order valence-corrected chi connectivity index (χ4v) is 3.22. The van der Waals surface area contributed by atoms with E-state index in [9.17, 15) is 9.59 Å². The molecule has 1 aromatic carbocycles. The molecule has 2 aromatic rings. The number of esters is 1. The Balaban J connectivity index is 1.96. The fourth-order valence-electron chi connectivity index (χ4n) is 2.84. The van der Waals surface area contributed by atoms with Gasteiger partial charge >= 0.3 is 5.97 Å². The number of hydrogen-bond acceptors (Lipinski definition) is 5. The number of hydrogen-bond donors (Lipinski definition) is 2. The van der Waals surface area contributed by atoms with Crippen LogP contribution >= 0.6 is 15.9 Å². The third kappa shape index (κ3) is 4.05. The lowest BCUT2D eigenvalue weighted by Gasteiger charge is -2.21. The first kappa shape index (κ1) is 17.6. The van der Waals surface area contributed by atoms with Gasteiger partial charge in [-0.25, -0.2) is 0 Å². The Morgan fingerprint density at radius 1 is 1.32 bits per heavy atom. The van der Waals surface area contributed by atoms with Gasteiger partial charge in [0.1, 0.15) is 0 Å². The van der Waals surface area contributed by atoms with Crippen molar-refractivity contribution in [3.05, 3.63) is 58.3 Å². The number of amides is 1. The van der Waals surface area contributed by atoms with Gasteiger partial charge in [0, 0.05) is 22.8 Å². The van der Waals surface area contributed by atoms with Crippen LogP contribution in [0.5, 0.6) is 0 Å². The summed E-state index contributed by atoms with van der Waals surface area (Å²) in [7, 11) is 1.34. The molecule has 1 aliphatic rings. The number of nitrogens with one attached hydrogen (secondary N) is 2. The molecule has 6 nitrogen and oxygen atoms in total. The fraction of sp³-hybridized carbons (Fsp3) is 0.278. The van der Waals surface area contributed by atoms with E-state index in [0.717, 1.165) is 21.4 Å². The lowest BCUT2D eigenvalue weighted by molar-refractivity contribution is -0.140. The molecule has 1 unspecified atom stereocenters. The Morgan fingerprint density at radius 2 is 2.16 bits per heavy atom. The predicted octanol–water partition coefficient (Wildman–Crippen LogP) is 2.80. The lowest BCUT2D eigenvalue weighted by Crippen LogP contribution is -2.40. The predicted molar refractivity (Wildman–Crippen MR) is 97.0 cm³/mol. The SMILES string of the molecule is COC(=O)CC[C@@H]1NC(c2ccccn2)c2cc(Br)ccc2NC1=O. The first-order valence-electron chi connectivity index (χ1n) is 7.92. The number of nitrogens with zero attached hydrogens (tertiary/aromatic N) is 1. The summed E-state index contributed by atoms with van der Waals surface area (Å²) < 4.78 is 5.59. The molecule has 2 atom stereocenters. The Hall–Kier alpha value is -2.25. The van der Waals surface area contributed by atoms with Crippen molar-refractivity contribution < 1.29 is 14.3 Å². The average molecular weight is 404 g/mol. The molecule has 0 aliphatic carbocycles. The Bertz CT molecular complexity index is 782. The van der Waals surface area contributed by atoms with Crippen molar-refractivity contribution in [2.45, 2.75) is 24.9 Å². The van der Waals surface area contributed by atoms with Crippen molar-refractivity contribution in [1.82, 2.24) is 10.3 Å². The van der Waals surface area contributed by atoms with Crippen LogP contribution in [0.25, 0.3) is 0 Å². The lowest BCUT2D eigenvalue weighted by atomic mass is 10.0. The molecule has 0 saturated carbocycles. The van der Waals surface area contributed by atoms with Crippen LogP contribution in [-0.2, 0) is 14.3 Å². The highest BCUT2D eigenvalue weighted by atomic mass is 79.9. The van der Waals surface area contributed by atoms with Gasteiger partial charge in [-0.1, -0.05) is 22.0 Å². The van der Waals surface area contributed by atoms with Crippen LogP contribution in [0.2, 0.25) is 0 Å². The van der Waals surface area contributed by atoms with Gasteiger partial charge in [0.05, 0.1) is 24.9 Å². The quantitative estimate of drug-likeness (QED) is 0.767. The van der Waals surface area contributed by atoms with E-state index in [0.29, 0.717) is 6.42 Å². The monoisotopic (exact) mass is 403 g/mol. The second-order valence-corrected chi connectivity index (χ2v) is 6.66. The molecule has 1 aliphatic heterocycles. The van der Waals surface area contributed by atoms with Crippen molar-refractivity contribution in [2.24, 2.45) is 0 Å². The average Bonchev–Trinajstić information content (AvgIpc) is 2.76. The number of halogens is 1. The van der Waals surface area contributed by atoms with Gasteiger partial charge < -0.3 is 10.1 Å². The zero-order valence-corrected chi connectivity index (χ0v) is 15.2. The summed E-state index contributed by atoms with van der Waals surface area (Å²) in [6.45, 7) is 0. The maximum atomic E-state index is 12.6. The normalized spacial score (nSPS) is 19.5. The zero-order valence-electron chi connectivity index (χ0n) is 13.7. The van der Waals surface area contributed by atoms with E-state index < -0.39 is 6.04 Å². The summed E-state index contributed by atoms with van der Waals surface area (Å²) in [6.07, 6.45) is 2.23. The Morgan fingerprint density at radius 3 is 2.88 bits per heavy atom. The molecule has 25 heavy (non-hydrogen) atoms. The van der Waals surface area contributed by atoms with Crippen molar-refractivity contribution in [3.8, 4) is 0 Å². The summed E-state index contributed by atoms with van der Waals surface area (Å²) in [5.74, 6) is -0.514. The van der Waals surface area contributed by atoms with Gasteiger partial charge in [-0.05, 0) is 42.3 Å². The summed E-state index contributed by atoms with van der Waals surface area (Å²) >= 11 is 3.48. The van der Waals surface area contributed by atoms with Gasteiger partial charge in [0.25, 0.3) is 0 Å². The second kappa shape index (κ2) is 7.76. The molecule has 3 rings (SSSR count). The van der Waals surface area contributed by atoms with Gasteiger partial charge in [-0.15, -0.1) is 0 Å². The molecule has 1 aromatic heterocycles. The minimum Gasteiger partial charge on any atom is -0.469 e. The Labute approximate surface area is 154 Å². The molecule has 0 spiro atoms. The molecule has 0 fully saturated rings. The highest BCUT2D eigenvalue weighted by Crippen LogP contribution is 2.33. The minimum absolute atomic E-state index is 0.163. The molecule has 7 heteroatoms. The number of pyridine rings is 1. The number of carbonyl (C=O) groups is 2. The topological polar surface area (TPSA) is 80.3 Å². The summed E-state index contributed by atoms with van der Waals surface area (Å²) in [6, 6.07) is 10.6. The molecule has 0 radical (unpaired) electrons. The number of aromatic nitrogens is 1. The minimum atomic E-state index is -0.530. The summed E-state index contributed by atoms with van der Waals surface area (Å²) in [4.78, 5) is 28.5. The van der Waals surface area contributed by atoms with Crippen molar-refractivity contribution in [1.29, 1.82) is 0 Å². The summed E-state index contributed by atoms with van der Waals surface area (Å²) in [5.41, 5.74) is 2.46. The van der Waals surface area contributed by atoms with E-state index in [2.05, 4.69) is 36.3 Å². The molecule has 130 valence electrons. The van der Waals surface area contributed by atoms with Crippen molar-refractivity contribution in [2.75, 3.05) is 12.4 Å². The molecule has 0 saturated heterocycles. The van der Waals surface area contributed by atoms with Crippen LogP contribution in [0.15, 0.2) is 47.1 Å². The molecular formula is C18H18BrN3O3. The van der Waals surface area contributed by atoms with Crippen LogP contribution in [-0.4, -0.2) is 30.0 Å². The number of rotatable bonds is 4. The first-order valence-corrected chi connectivity index (χ1v) is 8.72. The number of ether oxygens (including phenoxy) is 1. The van der Waals surface area contributed by atoms with E-state index in [1.807, 2.05) is 36.4 Å². The first-order chi connectivity index (χ1) is 12.1. The molecule has 2 heterocycles. The van der Waals surface area contributed by atoms with E-state index in [1.54, 1.807) is 6.20 Å². The van der Waals surface area contributed by atoms with Crippen LogP contribution in [0, 0.1) is 0 Å². The van der Waals surface area contributed by atoms with Crippen LogP contribution in [0.3, 0.4) is 0 Å². The van der Waals surface area contributed by atoms with Crippen molar-refractivity contribution >= 4 is 33.5 Å². The highest BCUT2D eigenvalue weighted by Gasteiger charge is 2.31. The van der Waals surface area contributed by atoms with E-state index >= 15 is 0 Å². The van der Waals surface area contributed by atoms with E-state index in [4.69, 9.17) is 0 Å². The van der Waals surface area contributed by atoms with Crippen LogP contribution < -0.4 is 10.6 Å². The number of methoxy groups -OCH3 is 1. The molecular weight excluding hydrogens is 386 g/mol. The maximum absolute atomic E-state index is 12.6. The second-order valence-electron chi connectivity index (χ2n) is 5.74. The van der Waals surface area contributed by atoms with Gasteiger partial charge in [-0.2, -0.15) is 0 Å². The number of fused-ring (bicyclic) bond motifs is 1. The van der Waals surface area contributed by atoms with Gasteiger partial charge in [0.15, 0.2) is 0 Å². The Kier molecular flexibility index (Phi) is 5.45. The smallest absolute Gasteiger partial charge is 0.305 e. The largest absolute Gasteiger partial charge is 0.469 e. The molecule has 2 N–H and O–H groups in total. The van der Waals surface area contributed by atoms with Gasteiger partial charge in [0.2, 0.25) is 5.91 Å². The number of carbonyl (C=O) groups excluding carboxylic acids is 2. The number of benzene rings is 1. The third-order valence-corrected chi connectivity index (χ3v) is 4.61.